The first kappa shape index (κ1) is 18.9. The molecule has 1 heterocycles. The zero-order valence-corrected chi connectivity index (χ0v) is 14.0. The average molecular weight is 365 g/mol. The van der Waals surface area contributed by atoms with Gasteiger partial charge in [0.2, 0.25) is 5.78 Å². The Morgan fingerprint density at radius 2 is 2.00 bits per heavy atom. The third-order valence-corrected chi connectivity index (χ3v) is 3.58. The molecule has 0 spiro atoms. The van der Waals surface area contributed by atoms with E-state index in [0.29, 0.717) is 5.56 Å². The van der Waals surface area contributed by atoms with Gasteiger partial charge >= 0.3 is 11.7 Å². The molecule has 0 atom stereocenters. The monoisotopic (exact) mass is 365 g/mol. The normalized spacial score (nSPS) is 10.4. The molecule has 1 aromatic carbocycles. The number of carbonyl (C=O) groups is 2. The van der Waals surface area contributed by atoms with Crippen LogP contribution in [0.4, 0.5) is 10.2 Å². The number of benzene rings is 1. The highest BCUT2D eigenvalue weighted by atomic mass is 19.1. The van der Waals surface area contributed by atoms with E-state index in [9.17, 15) is 23.6 Å². The number of aromatic nitrogens is 2. The molecule has 0 amide bonds. The van der Waals surface area contributed by atoms with E-state index in [-0.39, 0.29) is 18.0 Å². The number of rotatable bonds is 6. The number of H-pyrrole nitrogens is 1. The number of carbonyl (C=O) groups excluding carboxylic acids is 2. The minimum absolute atomic E-state index is 0.0293. The van der Waals surface area contributed by atoms with Gasteiger partial charge in [0.15, 0.2) is 18.2 Å². The number of nitrogens with zero attached hydrogens (tertiary/aromatic N) is 1. The Kier molecular flexibility index (Phi) is 5.55. The number of nitrogen functional groups attached to an aromatic ring is 1. The summed E-state index contributed by atoms with van der Waals surface area (Å²) in [5.74, 6) is -2.62. The van der Waals surface area contributed by atoms with Gasteiger partial charge in [0.25, 0.3) is 5.56 Å². The van der Waals surface area contributed by atoms with Crippen molar-refractivity contribution in [1.29, 1.82) is 0 Å². The van der Waals surface area contributed by atoms with Crippen molar-refractivity contribution in [3.63, 3.8) is 0 Å². The summed E-state index contributed by atoms with van der Waals surface area (Å²) in [5.41, 5.74) is 3.69. The van der Waals surface area contributed by atoms with Crippen LogP contribution in [0.5, 0.6) is 5.75 Å². The topological polar surface area (TPSA) is 133 Å². The van der Waals surface area contributed by atoms with E-state index in [2.05, 4.69) is 0 Å². The predicted octanol–water partition coefficient (Wildman–Crippen LogP) is -0.228. The summed E-state index contributed by atoms with van der Waals surface area (Å²) in [5, 5.41) is 0. The van der Waals surface area contributed by atoms with E-state index >= 15 is 0 Å². The van der Waals surface area contributed by atoms with Crippen molar-refractivity contribution in [3.05, 3.63) is 56.0 Å². The first-order valence-corrected chi connectivity index (χ1v) is 7.34. The summed E-state index contributed by atoms with van der Waals surface area (Å²) in [6.07, 6.45) is -0.284. The summed E-state index contributed by atoms with van der Waals surface area (Å²) < 4.78 is 24.0. The van der Waals surface area contributed by atoms with Crippen molar-refractivity contribution in [1.82, 2.24) is 9.55 Å². The molecule has 0 fully saturated rings. The molecule has 0 saturated heterocycles. The molecule has 3 N–H and O–H groups in total. The van der Waals surface area contributed by atoms with Gasteiger partial charge in [-0.3, -0.25) is 23.9 Å². The molecule has 0 saturated carbocycles. The van der Waals surface area contributed by atoms with Gasteiger partial charge in [-0.1, -0.05) is 6.07 Å². The molecule has 138 valence electrons. The van der Waals surface area contributed by atoms with E-state index < -0.39 is 41.0 Å². The van der Waals surface area contributed by atoms with Crippen LogP contribution in [0.15, 0.2) is 27.8 Å². The van der Waals surface area contributed by atoms with E-state index in [0.717, 1.165) is 10.6 Å². The number of hydrogen-bond acceptors (Lipinski definition) is 7. The van der Waals surface area contributed by atoms with Gasteiger partial charge < -0.3 is 15.2 Å². The molecule has 26 heavy (non-hydrogen) atoms. The first-order valence-electron chi connectivity index (χ1n) is 7.34. The Morgan fingerprint density at radius 3 is 2.62 bits per heavy atom. The molecule has 2 rings (SSSR count). The minimum Gasteiger partial charge on any atom is -0.494 e. The second-order valence-electron chi connectivity index (χ2n) is 5.31. The molecule has 2 aromatic rings. The minimum atomic E-state index is -0.969. The number of halogens is 1. The molecule has 9 nitrogen and oxygen atoms in total. The number of nitrogens with two attached hydrogens (primary N) is 1. The smallest absolute Gasteiger partial charge is 0.329 e. The highest BCUT2D eigenvalue weighted by Crippen LogP contribution is 2.18. The van der Waals surface area contributed by atoms with Crippen LogP contribution < -0.4 is 21.7 Å². The van der Waals surface area contributed by atoms with Crippen LogP contribution in [-0.2, 0) is 23.0 Å². The van der Waals surface area contributed by atoms with Gasteiger partial charge in [0.05, 0.1) is 13.5 Å². The predicted molar refractivity (Wildman–Crippen MR) is 88.7 cm³/mol. The van der Waals surface area contributed by atoms with Crippen LogP contribution in [0.25, 0.3) is 0 Å². The standard InChI is InChI=1S/C16H16FN3O6/c1-20-14(18)13(15(23)19-16(20)24)10(21)7-26-12(22)6-8-3-4-11(25-2)9(17)5-8/h3-5H,6-7,18H2,1-2H3,(H,19,23,24). The van der Waals surface area contributed by atoms with Crippen molar-refractivity contribution in [2.75, 3.05) is 19.5 Å². The third kappa shape index (κ3) is 3.97. The van der Waals surface area contributed by atoms with Gasteiger partial charge in [-0.2, -0.15) is 0 Å². The largest absolute Gasteiger partial charge is 0.494 e. The Labute approximate surface area is 146 Å². The Hall–Kier alpha value is -3.43. The Morgan fingerprint density at radius 1 is 1.31 bits per heavy atom. The zero-order valence-electron chi connectivity index (χ0n) is 14.0. The second-order valence-corrected chi connectivity index (χ2v) is 5.31. The van der Waals surface area contributed by atoms with Gasteiger partial charge in [0, 0.05) is 7.05 Å². The molecule has 0 radical (unpaired) electrons. The number of ketones is 1. The van der Waals surface area contributed by atoms with Crippen LogP contribution in [-0.4, -0.2) is 35.0 Å². The number of ether oxygens (including phenoxy) is 2. The van der Waals surface area contributed by atoms with Crippen molar-refractivity contribution < 1.29 is 23.5 Å². The lowest BCUT2D eigenvalue weighted by atomic mass is 10.1. The maximum absolute atomic E-state index is 13.6. The second kappa shape index (κ2) is 7.64. The SMILES string of the molecule is COc1ccc(CC(=O)OCC(=O)c2c(N)n(C)c(=O)[nH]c2=O)cc1F. The number of nitrogens with one attached hydrogen (secondary N) is 1. The molecule has 0 bridgehead atoms. The lowest BCUT2D eigenvalue weighted by molar-refractivity contribution is -0.141. The zero-order chi connectivity index (χ0) is 19.4. The van der Waals surface area contributed by atoms with Crippen LogP contribution in [0.1, 0.15) is 15.9 Å². The van der Waals surface area contributed by atoms with Crippen molar-refractivity contribution in [2.24, 2.45) is 7.05 Å². The molecule has 0 unspecified atom stereocenters. The van der Waals surface area contributed by atoms with Gasteiger partial charge in [-0.05, 0) is 17.7 Å². The number of aromatic amines is 1. The Balaban J connectivity index is 2.05. The maximum atomic E-state index is 13.6. The molecule has 0 aliphatic heterocycles. The molecule has 10 heteroatoms. The van der Waals surface area contributed by atoms with Crippen LogP contribution in [0, 0.1) is 5.82 Å². The fraction of sp³-hybridized carbons (Fsp3) is 0.250. The number of Topliss-reactive ketones (excluding diaryl/α,β-unsaturated/α-hetero) is 1. The number of hydrogen-bond donors (Lipinski definition) is 2. The maximum Gasteiger partial charge on any atom is 0.329 e. The molecule has 0 aliphatic carbocycles. The summed E-state index contributed by atoms with van der Waals surface area (Å²) in [4.78, 5) is 48.9. The van der Waals surface area contributed by atoms with Crippen LogP contribution >= 0.6 is 0 Å². The van der Waals surface area contributed by atoms with Gasteiger partial charge in [0.1, 0.15) is 11.4 Å². The third-order valence-electron chi connectivity index (χ3n) is 3.58. The van der Waals surface area contributed by atoms with Crippen molar-refractivity contribution >= 4 is 17.6 Å². The van der Waals surface area contributed by atoms with Crippen molar-refractivity contribution in [3.8, 4) is 5.75 Å². The first-order chi connectivity index (χ1) is 12.2. The fourth-order valence-corrected chi connectivity index (χ4v) is 2.16. The van der Waals surface area contributed by atoms with Crippen molar-refractivity contribution in [2.45, 2.75) is 6.42 Å². The summed E-state index contributed by atoms with van der Waals surface area (Å²) in [7, 11) is 2.58. The highest BCUT2D eigenvalue weighted by molar-refractivity contribution is 6.01. The molecular weight excluding hydrogens is 349 g/mol. The van der Waals surface area contributed by atoms with E-state index in [4.69, 9.17) is 15.2 Å². The Bertz CT molecular complexity index is 979. The number of methoxy groups -OCH3 is 1. The molecule has 1 aromatic heterocycles. The van der Waals surface area contributed by atoms with Crippen LogP contribution in [0.2, 0.25) is 0 Å². The van der Waals surface area contributed by atoms with Gasteiger partial charge in [-0.15, -0.1) is 0 Å². The highest BCUT2D eigenvalue weighted by Gasteiger charge is 2.19. The fourth-order valence-electron chi connectivity index (χ4n) is 2.16. The lowest BCUT2D eigenvalue weighted by Crippen LogP contribution is -2.35. The summed E-state index contributed by atoms with van der Waals surface area (Å²) >= 11 is 0. The van der Waals surface area contributed by atoms with Gasteiger partial charge in [-0.25, -0.2) is 9.18 Å². The summed E-state index contributed by atoms with van der Waals surface area (Å²) in [6, 6.07) is 3.94. The summed E-state index contributed by atoms with van der Waals surface area (Å²) in [6.45, 7) is -0.747. The number of anilines is 1. The lowest BCUT2D eigenvalue weighted by Gasteiger charge is -2.09. The van der Waals surface area contributed by atoms with Crippen LogP contribution in [0.3, 0.4) is 0 Å². The molecule has 0 aliphatic rings. The number of esters is 1. The quantitative estimate of drug-likeness (QED) is 0.533. The average Bonchev–Trinajstić information content (AvgIpc) is 2.58. The van der Waals surface area contributed by atoms with E-state index in [1.54, 1.807) is 0 Å². The van der Waals surface area contributed by atoms with E-state index in [1.807, 2.05) is 4.98 Å². The molecular formula is C16H16FN3O6. The van der Waals surface area contributed by atoms with E-state index in [1.165, 1.54) is 26.3 Å².